The van der Waals surface area contributed by atoms with Gasteiger partial charge in [-0.15, -0.1) is 10.2 Å². The number of nitrogens with one attached hydrogen (secondary N) is 2. The number of hydrogen-bond donors (Lipinski definition) is 2. The van der Waals surface area contributed by atoms with Crippen LogP contribution in [0.4, 0.5) is 10.8 Å². The normalized spacial score (nSPS) is 12.2. The molecule has 0 radical (unpaired) electrons. The molecule has 1 aromatic heterocycles. The van der Waals surface area contributed by atoms with Crippen LogP contribution in [0.3, 0.4) is 0 Å². The van der Waals surface area contributed by atoms with E-state index in [2.05, 4.69) is 34.7 Å². The molecule has 0 aliphatic rings. The Labute approximate surface area is 159 Å². The van der Waals surface area contributed by atoms with Crippen molar-refractivity contribution in [1.29, 1.82) is 0 Å². The number of amides is 1. The van der Waals surface area contributed by atoms with Gasteiger partial charge in [0.1, 0.15) is 0 Å². The Balaban J connectivity index is 1.94. The zero-order chi connectivity index (χ0) is 17.7. The van der Waals surface area contributed by atoms with Gasteiger partial charge in [0.25, 0.3) is 0 Å². The minimum Gasteiger partial charge on any atom is -0.360 e. The van der Waals surface area contributed by atoms with Gasteiger partial charge in [-0.25, -0.2) is 0 Å². The Bertz CT molecular complexity index is 688. The lowest BCUT2D eigenvalue weighted by Gasteiger charge is -2.12. The van der Waals surface area contributed by atoms with E-state index < -0.39 is 0 Å². The minimum atomic E-state index is -0.358. The van der Waals surface area contributed by atoms with Crippen LogP contribution in [0.2, 0.25) is 10.0 Å². The smallest absolute Gasteiger partial charge is 0.237 e. The van der Waals surface area contributed by atoms with Gasteiger partial charge in [-0.05, 0) is 25.0 Å². The van der Waals surface area contributed by atoms with Crippen LogP contribution < -0.4 is 10.6 Å². The van der Waals surface area contributed by atoms with Crippen molar-refractivity contribution in [3.05, 3.63) is 28.2 Å². The topological polar surface area (TPSA) is 66.9 Å². The maximum Gasteiger partial charge on any atom is 0.237 e. The standard InChI is InChI=1S/C15H18Cl2N4OS2/c1-8(2)7-18-14-20-21-15(24-14)23-9(3)13(22)19-12-10(16)5-4-6-11(12)17/h4-6,8-9H,7H2,1-3H3,(H,18,20)(H,19,22)/t9-/m0/s1. The number of anilines is 2. The van der Waals surface area contributed by atoms with Crippen molar-refractivity contribution in [2.45, 2.75) is 30.4 Å². The number of hydrogen-bond acceptors (Lipinski definition) is 6. The fraction of sp³-hybridized carbons (Fsp3) is 0.400. The van der Waals surface area contributed by atoms with Gasteiger partial charge in [-0.2, -0.15) is 0 Å². The monoisotopic (exact) mass is 404 g/mol. The second-order valence-corrected chi connectivity index (χ2v) is 8.87. The second kappa shape index (κ2) is 8.89. The number of rotatable bonds is 7. The summed E-state index contributed by atoms with van der Waals surface area (Å²) in [5.41, 5.74) is 0.426. The lowest BCUT2D eigenvalue weighted by atomic mass is 10.2. The number of thioether (sulfide) groups is 1. The summed E-state index contributed by atoms with van der Waals surface area (Å²) in [6.45, 7) is 6.87. The Kier molecular flexibility index (Phi) is 7.16. The molecule has 1 atom stereocenters. The van der Waals surface area contributed by atoms with Crippen molar-refractivity contribution in [1.82, 2.24) is 10.2 Å². The summed E-state index contributed by atoms with van der Waals surface area (Å²) in [6.07, 6.45) is 0. The third-order valence-corrected chi connectivity index (χ3v) is 5.62. The Morgan fingerprint density at radius 1 is 1.25 bits per heavy atom. The van der Waals surface area contributed by atoms with Crippen LogP contribution in [0.15, 0.2) is 22.5 Å². The third-order valence-electron chi connectivity index (χ3n) is 2.93. The number of nitrogens with zero attached hydrogens (tertiary/aromatic N) is 2. The van der Waals surface area contributed by atoms with Gasteiger partial charge in [0.2, 0.25) is 11.0 Å². The molecule has 5 nitrogen and oxygen atoms in total. The predicted molar refractivity (Wildman–Crippen MR) is 104 cm³/mol. The second-order valence-electron chi connectivity index (χ2n) is 5.49. The van der Waals surface area contributed by atoms with E-state index >= 15 is 0 Å². The van der Waals surface area contributed by atoms with E-state index in [1.807, 2.05) is 0 Å². The molecular weight excluding hydrogens is 387 g/mol. The van der Waals surface area contributed by atoms with E-state index in [0.29, 0.717) is 21.7 Å². The van der Waals surface area contributed by atoms with Crippen LogP contribution in [0.1, 0.15) is 20.8 Å². The van der Waals surface area contributed by atoms with Crippen LogP contribution >= 0.6 is 46.3 Å². The Hall–Kier alpha value is -1.02. The van der Waals surface area contributed by atoms with Crippen molar-refractivity contribution in [2.75, 3.05) is 17.2 Å². The lowest BCUT2D eigenvalue weighted by Crippen LogP contribution is -2.22. The first kappa shape index (κ1) is 19.3. The molecule has 1 aromatic carbocycles. The number of aromatic nitrogens is 2. The summed E-state index contributed by atoms with van der Waals surface area (Å²) < 4.78 is 0.731. The molecule has 0 saturated carbocycles. The maximum absolute atomic E-state index is 12.3. The first-order valence-electron chi connectivity index (χ1n) is 7.35. The van der Waals surface area contributed by atoms with Crippen molar-refractivity contribution in [3.63, 3.8) is 0 Å². The molecule has 1 heterocycles. The number of halogens is 2. The van der Waals surface area contributed by atoms with Gasteiger partial charge >= 0.3 is 0 Å². The summed E-state index contributed by atoms with van der Waals surface area (Å²) in [7, 11) is 0. The third kappa shape index (κ3) is 5.51. The average molecular weight is 405 g/mol. The van der Waals surface area contributed by atoms with E-state index in [1.165, 1.54) is 23.1 Å². The minimum absolute atomic E-state index is 0.193. The Morgan fingerprint density at radius 2 is 1.92 bits per heavy atom. The zero-order valence-corrected chi connectivity index (χ0v) is 16.6. The van der Waals surface area contributed by atoms with Gasteiger partial charge in [-0.1, -0.05) is 66.2 Å². The SMILES string of the molecule is CC(C)CNc1nnc(S[C@@H](C)C(=O)Nc2c(Cl)cccc2Cl)s1. The maximum atomic E-state index is 12.3. The summed E-state index contributed by atoms with van der Waals surface area (Å²) in [4.78, 5) is 12.3. The molecule has 2 N–H and O–H groups in total. The molecule has 0 unspecified atom stereocenters. The molecule has 0 saturated heterocycles. The quantitative estimate of drug-likeness (QED) is 0.633. The molecular formula is C15H18Cl2N4OS2. The van der Waals surface area contributed by atoms with Crippen molar-refractivity contribution in [3.8, 4) is 0 Å². The highest BCUT2D eigenvalue weighted by molar-refractivity contribution is 8.02. The van der Waals surface area contributed by atoms with E-state index in [0.717, 1.165) is 16.0 Å². The fourth-order valence-electron chi connectivity index (χ4n) is 1.67. The highest BCUT2D eigenvalue weighted by atomic mass is 35.5. The largest absolute Gasteiger partial charge is 0.360 e. The van der Waals surface area contributed by atoms with Crippen LogP contribution in [-0.2, 0) is 4.79 Å². The Morgan fingerprint density at radius 3 is 2.54 bits per heavy atom. The molecule has 0 bridgehead atoms. The molecule has 2 aromatic rings. The molecule has 0 fully saturated rings. The average Bonchev–Trinajstić information content (AvgIpc) is 2.96. The van der Waals surface area contributed by atoms with E-state index in [9.17, 15) is 4.79 Å². The number of para-hydroxylation sites is 1. The van der Waals surface area contributed by atoms with Crippen LogP contribution in [0.25, 0.3) is 0 Å². The van der Waals surface area contributed by atoms with Crippen molar-refractivity contribution < 1.29 is 4.79 Å². The predicted octanol–water partition coefficient (Wildman–Crippen LogP) is 5.03. The molecule has 0 aliphatic heterocycles. The highest BCUT2D eigenvalue weighted by Crippen LogP contribution is 2.32. The van der Waals surface area contributed by atoms with Gasteiger partial charge in [0, 0.05) is 6.54 Å². The van der Waals surface area contributed by atoms with Crippen LogP contribution in [0.5, 0.6) is 0 Å². The number of carbonyl (C=O) groups is 1. The van der Waals surface area contributed by atoms with Crippen molar-refractivity contribution >= 4 is 63.0 Å². The van der Waals surface area contributed by atoms with Crippen LogP contribution in [-0.4, -0.2) is 27.9 Å². The molecule has 0 aliphatic carbocycles. The van der Waals surface area contributed by atoms with Gasteiger partial charge < -0.3 is 10.6 Å². The summed E-state index contributed by atoms with van der Waals surface area (Å²) in [6, 6.07) is 5.09. The van der Waals surface area contributed by atoms with E-state index in [4.69, 9.17) is 23.2 Å². The van der Waals surface area contributed by atoms with Crippen LogP contribution in [0, 0.1) is 5.92 Å². The molecule has 0 spiro atoms. The van der Waals surface area contributed by atoms with E-state index in [-0.39, 0.29) is 11.2 Å². The molecule has 24 heavy (non-hydrogen) atoms. The summed E-state index contributed by atoms with van der Waals surface area (Å²) >= 11 is 14.9. The fourth-order valence-corrected chi connectivity index (χ4v) is 4.06. The van der Waals surface area contributed by atoms with Gasteiger partial charge in [0.15, 0.2) is 4.34 Å². The first-order chi connectivity index (χ1) is 11.4. The molecule has 1 amide bonds. The van der Waals surface area contributed by atoms with E-state index in [1.54, 1.807) is 25.1 Å². The highest BCUT2D eigenvalue weighted by Gasteiger charge is 2.19. The van der Waals surface area contributed by atoms with Gasteiger partial charge in [-0.3, -0.25) is 4.79 Å². The molecule has 9 heteroatoms. The summed E-state index contributed by atoms with van der Waals surface area (Å²) in [5, 5.41) is 15.4. The number of carbonyl (C=O) groups excluding carboxylic acids is 1. The zero-order valence-electron chi connectivity index (χ0n) is 13.5. The number of benzene rings is 1. The molecule has 130 valence electrons. The summed E-state index contributed by atoms with van der Waals surface area (Å²) in [5.74, 6) is 0.331. The van der Waals surface area contributed by atoms with Crippen molar-refractivity contribution in [2.24, 2.45) is 5.92 Å². The first-order valence-corrected chi connectivity index (χ1v) is 9.81. The lowest BCUT2D eigenvalue weighted by molar-refractivity contribution is -0.115. The van der Waals surface area contributed by atoms with Gasteiger partial charge in [0.05, 0.1) is 21.0 Å². The molecule has 2 rings (SSSR count).